The fraction of sp³-hybridized carbons (Fsp3) is 0. The average Bonchev–Trinajstić information content (AvgIpc) is 4.18. The molecule has 0 fully saturated rings. The van der Waals surface area contributed by atoms with E-state index in [-0.39, 0.29) is 0 Å². The van der Waals surface area contributed by atoms with E-state index in [2.05, 4.69) is 234 Å². The molecule has 326 valence electrons. The standard InChI is InChI=1S/C64H38N4OS/c1-5-19-39(20-6-1)48-35-42(59-63-60(47-29-15-18-32-57(47)70-63)66-64(65-59)41-23-9-3-10-24-41)36-49(40-21-7-2-8-22-40)61(48)68-53-31-17-14-28-46(53)58-54(68)34-33-45-51-37-50-44-27-13-16-30-52(44)67(43-25-11-4-12-26-43)55(50)38-56(51)69-62(45)58/h1-38H. The van der Waals surface area contributed by atoms with Crippen molar-refractivity contribution in [2.45, 2.75) is 0 Å². The van der Waals surface area contributed by atoms with E-state index in [0.717, 1.165) is 115 Å². The Morgan fingerprint density at radius 2 is 0.971 bits per heavy atom. The smallest absolute Gasteiger partial charge is 0.160 e. The third kappa shape index (κ3) is 5.78. The van der Waals surface area contributed by atoms with Crippen LogP contribution in [0.25, 0.3) is 142 Å². The Balaban J connectivity index is 1.04. The Morgan fingerprint density at radius 3 is 1.67 bits per heavy atom. The van der Waals surface area contributed by atoms with Gasteiger partial charge in [-0.25, -0.2) is 9.97 Å². The second-order valence-corrected chi connectivity index (χ2v) is 19.1. The molecule has 0 N–H and O–H groups in total. The topological polar surface area (TPSA) is 48.8 Å². The fourth-order valence-electron chi connectivity index (χ4n) is 11.0. The van der Waals surface area contributed by atoms with Gasteiger partial charge in [0.25, 0.3) is 0 Å². The maximum atomic E-state index is 7.20. The molecule has 5 aromatic heterocycles. The number of para-hydroxylation sites is 3. The van der Waals surface area contributed by atoms with Gasteiger partial charge in [0.1, 0.15) is 11.2 Å². The minimum absolute atomic E-state index is 0.706. The molecule has 70 heavy (non-hydrogen) atoms. The number of nitrogens with zero attached hydrogens (tertiary/aromatic N) is 4. The monoisotopic (exact) mass is 910 g/mol. The molecule has 5 heterocycles. The Hall–Kier alpha value is -9.10. The third-order valence-corrected chi connectivity index (χ3v) is 15.3. The molecule has 0 unspecified atom stereocenters. The van der Waals surface area contributed by atoms with Gasteiger partial charge in [0, 0.05) is 71.0 Å². The molecule has 0 amide bonds. The molecule has 0 bridgehead atoms. The number of furan rings is 1. The lowest BCUT2D eigenvalue weighted by molar-refractivity contribution is 0.673. The molecule has 0 aliphatic heterocycles. The number of aromatic nitrogens is 4. The highest BCUT2D eigenvalue weighted by Gasteiger charge is 2.26. The van der Waals surface area contributed by atoms with Crippen molar-refractivity contribution in [3.8, 4) is 56.3 Å². The Labute approximate surface area is 405 Å². The fourth-order valence-corrected chi connectivity index (χ4v) is 12.2. The van der Waals surface area contributed by atoms with Gasteiger partial charge in [0.15, 0.2) is 5.82 Å². The highest BCUT2D eigenvalue weighted by molar-refractivity contribution is 7.26. The maximum absolute atomic E-state index is 7.20. The molecule has 0 saturated heterocycles. The zero-order chi connectivity index (χ0) is 45.9. The van der Waals surface area contributed by atoms with Crippen molar-refractivity contribution < 1.29 is 4.42 Å². The van der Waals surface area contributed by atoms with Crippen LogP contribution in [0.15, 0.2) is 235 Å². The molecule has 10 aromatic carbocycles. The number of fused-ring (bicyclic) bond motifs is 13. The van der Waals surface area contributed by atoms with Gasteiger partial charge in [-0.05, 0) is 71.8 Å². The van der Waals surface area contributed by atoms with E-state index in [9.17, 15) is 0 Å². The minimum Gasteiger partial charge on any atom is -0.455 e. The van der Waals surface area contributed by atoms with Gasteiger partial charge in [0.2, 0.25) is 0 Å². The largest absolute Gasteiger partial charge is 0.455 e. The highest BCUT2D eigenvalue weighted by Crippen LogP contribution is 2.48. The highest BCUT2D eigenvalue weighted by atomic mass is 32.1. The summed E-state index contributed by atoms with van der Waals surface area (Å²) in [5, 5.41) is 7.96. The van der Waals surface area contributed by atoms with Crippen LogP contribution in [0.5, 0.6) is 0 Å². The van der Waals surface area contributed by atoms with Crippen LogP contribution in [0.4, 0.5) is 0 Å². The van der Waals surface area contributed by atoms with Crippen molar-refractivity contribution >= 4 is 97.2 Å². The van der Waals surface area contributed by atoms with Gasteiger partial charge in [-0.15, -0.1) is 11.3 Å². The minimum atomic E-state index is 0.706. The quantitative estimate of drug-likeness (QED) is 0.167. The van der Waals surface area contributed by atoms with Crippen molar-refractivity contribution in [3.05, 3.63) is 231 Å². The molecular weight excluding hydrogens is 873 g/mol. The first-order valence-corrected chi connectivity index (χ1v) is 24.5. The van der Waals surface area contributed by atoms with Gasteiger partial charge in [0.05, 0.1) is 49.1 Å². The molecule has 15 aromatic rings. The first-order chi connectivity index (χ1) is 34.7. The van der Waals surface area contributed by atoms with Crippen molar-refractivity contribution in [2.75, 3.05) is 0 Å². The van der Waals surface area contributed by atoms with Crippen molar-refractivity contribution in [3.63, 3.8) is 0 Å². The third-order valence-electron chi connectivity index (χ3n) is 14.1. The van der Waals surface area contributed by atoms with Crippen LogP contribution in [0.2, 0.25) is 0 Å². The molecule has 6 heteroatoms. The van der Waals surface area contributed by atoms with E-state index in [0.29, 0.717) is 5.82 Å². The number of benzene rings is 10. The van der Waals surface area contributed by atoms with Gasteiger partial charge < -0.3 is 13.6 Å². The summed E-state index contributed by atoms with van der Waals surface area (Å²) in [6.07, 6.45) is 0. The van der Waals surface area contributed by atoms with Crippen LogP contribution >= 0.6 is 11.3 Å². The first kappa shape index (κ1) is 38.9. The van der Waals surface area contributed by atoms with Gasteiger partial charge >= 0.3 is 0 Å². The second kappa shape index (κ2) is 15.2. The summed E-state index contributed by atoms with van der Waals surface area (Å²) in [5.41, 5.74) is 16.7. The number of rotatable bonds is 6. The van der Waals surface area contributed by atoms with Crippen LogP contribution in [0.1, 0.15) is 0 Å². The molecule has 0 saturated carbocycles. The summed E-state index contributed by atoms with van der Waals surface area (Å²) >= 11 is 1.76. The van der Waals surface area contributed by atoms with E-state index in [1.165, 1.54) is 21.0 Å². The Bertz CT molecular complexity index is 4510. The van der Waals surface area contributed by atoms with Crippen LogP contribution in [0.3, 0.4) is 0 Å². The second-order valence-electron chi connectivity index (χ2n) is 18.0. The number of thiophene rings is 1. The lowest BCUT2D eigenvalue weighted by Crippen LogP contribution is -2.02. The van der Waals surface area contributed by atoms with Crippen LogP contribution in [-0.2, 0) is 0 Å². The summed E-state index contributed by atoms with van der Waals surface area (Å²) in [6.45, 7) is 0. The van der Waals surface area contributed by atoms with Crippen molar-refractivity contribution in [1.29, 1.82) is 0 Å². The summed E-state index contributed by atoms with van der Waals surface area (Å²) in [4.78, 5) is 10.8. The van der Waals surface area contributed by atoms with Crippen LogP contribution in [-0.4, -0.2) is 19.1 Å². The number of hydrogen-bond donors (Lipinski definition) is 0. The normalized spacial score (nSPS) is 12.0. The summed E-state index contributed by atoms with van der Waals surface area (Å²) in [7, 11) is 0. The summed E-state index contributed by atoms with van der Waals surface area (Å²) in [6, 6.07) is 82.5. The lowest BCUT2D eigenvalue weighted by atomic mass is 9.91. The molecule has 0 atom stereocenters. The number of hydrogen-bond acceptors (Lipinski definition) is 4. The molecule has 0 aliphatic rings. The SMILES string of the molecule is c1ccc(-c2nc(-c3cc(-c4ccccc4)c(-n4c5ccccc5c5c6oc7cc8c(cc7c6ccc54)c4ccccc4n8-c4ccccc4)c(-c4ccccc4)c3)c3sc4ccccc4c3n2)cc1. The molecular formula is C64H38N4OS. The molecule has 0 spiro atoms. The average molecular weight is 911 g/mol. The zero-order valence-corrected chi connectivity index (χ0v) is 38.4. The van der Waals surface area contributed by atoms with Crippen molar-refractivity contribution in [2.24, 2.45) is 0 Å². The van der Waals surface area contributed by atoms with Gasteiger partial charge in [-0.2, -0.15) is 0 Å². The Morgan fingerprint density at radius 1 is 0.386 bits per heavy atom. The predicted octanol–water partition coefficient (Wildman–Crippen LogP) is 17.6. The van der Waals surface area contributed by atoms with E-state index >= 15 is 0 Å². The molecule has 0 radical (unpaired) electrons. The van der Waals surface area contributed by atoms with E-state index in [1.807, 2.05) is 6.07 Å². The zero-order valence-electron chi connectivity index (χ0n) is 37.5. The molecule has 0 aliphatic carbocycles. The Kier molecular flexibility index (Phi) is 8.46. The maximum Gasteiger partial charge on any atom is 0.160 e. The molecule has 5 nitrogen and oxygen atoms in total. The predicted molar refractivity (Wildman–Crippen MR) is 293 cm³/mol. The summed E-state index contributed by atoms with van der Waals surface area (Å²) < 4.78 is 14.3. The van der Waals surface area contributed by atoms with Crippen LogP contribution < -0.4 is 0 Å². The van der Waals surface area contributed by atoms with Gasteiger partial charge in [-0.1, -0.05) is 164 Å². The van der Waals surface area contributed by atoms with E-state index in [4.69, 9.17) is 14.4 Å². The summed E-state index contributed by atoms with van der Waals surface area (Å²) in [5.74, 6) is 0.706. The first-order valence-electron chi connectivity index (χ1n) is 23.6. The lowest BCUT2D eigenvalue weighted by Gasteiger charge is -2.21. The van der Waals surface area contributed by atoms with Crippen molar-refractivity contribution in [1.82, 2.24) is 19.1 Å². The van der Waals surface area contributed by atoms with Crippen LogP contribution in [0, 0.1) is 0 Å². The van der Waals surface area contributed by atoms with E-state index in [1.54, 1.807) is 11.3 Å². The molecule has 15 rings (SSSR count). The van der Waals surface area contributed by atoms with Gasteiger partial charge in [-0.3, -0.25) is 0 Å². The van der Waals surface area contributed by atoms with E-state index < -0.39 is 0 Å².